The van der Waals surface area contributed by atoms with Gasteiger partial charge in [-0.05, 0) is 46.5 Å². The third kappa shape index (κ3) is 14.0. The summed E-state index contributed by atoms with van der Waals surface area (Å²) < 4.78 is -0.539. The van der Waals surface area contributed by atoms with Crippen molar-refractivity contribution in [1.29, 1.82) is 0 Å². The van der Waals surface area contributed by atoms with Crippen molar-refractivity contribution >= 4 is 17.9 Å². The summed E-state index contributed by atoms with van der Waals surface area (Å²) >= 11 is 0. The van der Waals surface area contributed by atoms with Crippen LogP contribution < -0.4 is 5.11 Å². The number of hydrogen-bond donors (Lipinski definition) is 2. The molecule has 0 spiro atoms. The Bertz CT molecular complexity index is 600. The van der Waals surface area contributed by atoms with Gasteiger partial charge in [0.2, 0.25) is 0 Å². The Balaban J connectivity index is 4.09. The summed E-state index contributed by atoms with van der Waals surface area (Å²) in [5.74, 6) is -3.82. The summed E-state index contributed by atoms with van der Waals surface area (Å²) in [5.41, 5.74) is 0. The van der Waals surface area contributed by atoms with Gasteiger partial charge in [-0.1, -0.05) is 96.0 Å². The van der Waals surface area contributed by atoms with Crippen molar-refractivity contribution in [3.8, 4) is 0 Å². The number of unbranched alkanes of at least 4 members (excludes halogenated alkanes) is 17. The summed E-state index contributed by atoms with van der Waals surface area (Å²) in [4.78, 5) is 35.2. The Kier molecular flexibility index (Phi) is 20.0. The Morgan fingerprint density at radius 3 is 1.19 bits per heavy atom. The zero-order valence-electron chi connectivity index (χ0n) is 23.9. The van der Waals surface area contributed by atoms with Crippen LogP contribution in [0, 0.1) is 0 Å². The van der Waals surface area contributed by atoms with Crippen molar-refractivity contribution in [1.82, 2.24) is 0 Å². The standard InChI is InChI=1S/C30H55NO6/c1-5-6-7-8-9-10-11-12-13-14-15-16-17-18-19-20-21-22-23-24-31(25(2)28(32)33,26(3)29(34)35)27(4)30(36)37/h5,25-27H,1,6-24H2,2-4H3,(H2-,32,33,34,35,36,37). The highest BCUT2D eigenvalue weighted by atomic mass is 16.4. The van der Waals surface area contributed by atoms with Gasteiger partial charge in [-0.2, -0.15) is 0 Å². The smallest absolute Gasteiger partial charge is 0.362 e. The van der Waals surface area contributed by atoms with Crippen LogP contribution in [-0.4, -0.2) is 57.3 Å². The normalized spacial score (nSPS) is 15.4. The summed E-state index contributed by atoms with van der Waals surface area (Å²) in [6.07, 6.45) is 23.7. The van der Waals surface area contributed by atoms with Crippen LogP contribution in [0.2, 0.25) is 0 Å². The monoisotopic (exact) mass is 525 g/mol. The van der Waals surface area contributed by atoms with E-state index in [-0.39, 0.29) is 6.54 Å². The number of aliphatic carboxylic acids is 3. The molecular formula is C30H55NO6. The molecule has 2 N–H and O–H groups in total. The fourth-order valence-electron chi connectivity index (χ4n) is 5.52. The molecule has 0 bridgehead atoms. The van der Waals surface area contributed by atoms with Gasteiger partial charge in [-0.15, -0.1) is 6.58 Å². The minimum absolute atomic E-state index is 0.186. The van der Waals surface area contributed by atoms with Crippen molar-refractivity contribution < 1.29 is 34.2 Å². The number of rotatable bonds is 26. The predicted molar refractivity (Wildman–Crippen MR) is 147 cm³/mol. The van der Waals surface area contributed by atoms with E-state index in [4.69, 9.17) is 0 Å². The molecule has 3 unspecified atom stereocenters. The molecular weight excluding hydrogens is 470 g/mol. The molecule has 0 radical (unpaired) electrons. The van der Waals surface area contributed by atoms with Crippen LogP contribution in [0.5, 0.6) is 0 Å². The molecule has 0 heterocycles. The molecule has 0 aromatic rings. The molecule has 0 fully saturated rings. The summed E-state index contributed by atoms with van der Waals surface area (Å²) in [6.45, 7) is 8.10. The molecule has 37 heavy (non-hydrogen) atoms. The largest absolute Gasteiger partial charge is 0.544 e. The van der Waals surface area contributed by atoms with Crippen LogP contribution in [0.1, 0.15) is 136 Å². The van der Waals surface area contributed by atoms with Gasteiger partial charge in [0.1, 0.15) is 6.04 Å². The molecule has 7 nitrogen and oxygen atoms in total. The highest BCUT2D eigenvalue weighted by Gasteiger charge is 2.50. The highest BCUT2D eigenvalue weighted by molar-refractivity contribution is 5.76. The topological polar surface area (TPSA) is 115 Å². The van der Waals surface area contributed by atoms with Crippen molar-refractivity contribution in [2.45, 2.75) is 154 Å². The fraction of sp³-hybridized carbons (Fsp3) is 0.833. The van der Waals surface area contributed by atoms with Gasteiger partial charge in [0.05, 0.1) is 12.5 Å². The zero-order chi connectivity index (χ0) is 28.1. The average molecular weight is 526 g/mol. The number of quaternary nitrogens is 1. The van der Waals surface area contributed by atoms with Gasteiger partial charge in [-0.3, -0.25) is 4.48 Å². The lowest BCUT2D eigenvalue weighted by Gasteiger charge is -2.49. The second-order valence-corrected chi connectivity index (χ2v) is 10.8. The van der Waals surface area contributed by atoms with Gasteiger partial charge in [0, 0.05) is 0 Å². The molecule has 0 saturated carbocycles. The first-order valence-electron chi connectivity index (χ1n) is 14.8. The number of carbonyl (C=O) groups excluding carboxylic acids is 1. The maximum absolute atomic E-state index is 11.8. The van der Waals surface area contributed by atoms with E-state index in [9.17, 15) is 29.7 Å². The number of carboxylic acids is 3. The Hall–Kier alpha value is -1.89. The maximum atomic E-state index is 11.8. The number of carboxylic acid groups (broad SMARTS) is 3. The van der Waals surface area contributed by atoms with Crippen LogP contribution in [0.3, 0.4) is 0 Å². The van der Waals surface area contributed by atoms with E-state index < -0.39 is 40.5 Å². The maximum Gasteiger partial charge on any atom is 0.362 e. The lowest BCUT2D eigenvalue weighted by atomic mass is 9.99. The summed E-state index contributed by atoms with van der Waals surface area (Å²) in [7, 11) is 0. The first-order valence-corrected chi connectivity index (χ1v) is 14.8. The Labute approximate surface area is 225 Å². The number of nitrogens with zero attached hydrogens (tertiary/aromatic N) is 1. The first-order chi connectivity index (χ1) is 17.6. The summed E-state index contributed by atoms with van der Waals surface area (Å²) in [6, 6.07) is -3.55. The predicted octanol–water partition coefficient (Wildman–Crippen LogP) is 6.10. The molecule has 7 heteroatoms. The highest BCUT2D eigenvalue weighted by Crippen LogP contribution is 2.27. The van der Waals surface area contributed by atoms with Crippen molar-refractivity contribution in [3.05, 3.63) is 12.7 Å². The Morgan fingerprint density at radius 1 is 0.622 bits per heavy atom. The molecule has 0 aliphatic rings. The summed E-state index contributed by atoms with van der Waals surface area (Å²) in [5, 5.41) is 30.9. The SMILES string of the molecule is C=CCCCCCCCCCCCCCCCCCCC[N+](C(C)C(=O)[O-])(C(C)C(=O)O)C(C)C(=O)O. The van der Waals surface area contributed by atoms with Gasteiger partial charge in [0.25, 0.3) is 0 Å². The van der Waals surface area contributed by atoms with Gasteiger partial charge in [-0.25, -0.2) is 9.59 Å². The third-order valence-corrected chi connectivity index (χ3v) is 8.17. The first kappa shape index (κ1) is 35.1. The van der Waals surface area contributed by atoms with Crippen LogP contribution >= 0.6 is 0 Å². The molecule has 216 valence electrons. The van der Waals surface area contributed by atoms with Crippen LogP contribution in [0.25, 0.3) is 0 Å². The molecule has 0 aromatic heterocycles. The van der Waals surface area contributed by atoms with Crippen LogP contribution in [0.15, 0.2) is 12.7 Å². The Morgan fingerprint density at radius 2 is 0.919 bits per heavy atom. The second kappa shape index (κ2) is 21.1. The second-order valence-electron chi connectivity index (χ2n) is 10.8. The quantitative estimate of drug-likeness (QED) is 0.0801. The lowest BCUT2D eigenvalue weighted by Crippen LogP contribution is -2.72. The van der Waals surface area contributed by atoms with Gasteiger partial charge in [0.15, 0.2) is 12.1 Å². The van der Waals surface area contributed by atoms with Crippen LogP contribution in [0.4, 0.5) is 0 Å². The number of allylic oxidation sites excluding steroid dienone is 1. The fourth-order valence-corrected chi connectivity index (χ4v) is 5.52. The number of carbonyl (C=O) groups is 3. The molecule has 0 aliphatic heterocycles. The van der Waals surface area contributed by atoms with Gasteiger partial charge >= 0.3 is 11.9 Å². The van der Waals surface area contributed by atoms with E-state index in [0.29, 0.717) is 6.42 Å². The molecule has 0 amide bonds. The van der Waals surface area contributed by atoms with Crippen molar-refractivity contribution in [3.63, 3.8) is 0 Å². The van der Waals surface area contributed by atoms with E-state index in [1.807, 2.05) is 6.08 Å². The molecule has 3 atom stereocenters. The molecule has 0 saturated heterocycles. The molecule has 0 rings (SSSR count). The lowest BCUT2D eigenvalue weighted by molar-refractivity contribution is -0.969. The minimum atomic E-state index is -1.42. The molecule has 0 aliphatic carbocycles. The number of hydrogen-bond acceptors (Lipinski definition) is 4. The molecule has 0 aromatic carbocycles. The van der Waals surface area contributed by atoms with E-state index in [1.165, 1.54) is 104 Å². The minimum Gasteiger partial charge on any atom is -0.544 e. The van der Waals surface area contributed by atoms with E-state index >= 15 is 0 Å². The van der Waals surface area contributed by atoms with Gasteiger partial charge < -0.3 is 20.1 Å². The van der Waals surface area contributed by atoms with E-state index in [1.54, 1.807) is 0 Å². The average Bonchev–Trinajstić information content (AvgIpc) is 2.86. The zero-order valence-corrected chi connectivity index (χ0v) is 23.9. The third-order valence-electron chi connectivity index (χ3n) is 8.17. The van der Waals surface area contributed by atoms with Crippen LogP contribution in [-0.2, 0) is 14.4 Å². The van der Waals surface area contributed by atoms with E-state index in [0.717, 1.165) is 25.7 Å². The van der Waals surface area contributed by atoms with Crippen molar-refractivity contribution in [2.24, 2.45) is 0 Å². The van der Waals surface area contributed by atoms with E-state index in [2.05, 4.69) is 6.58 Å². The van der Waals surface area contributed by atoms with Crippen molar-refractivity contribution in [2.75, 3.05) is 6.54 Å².